The van der Waals surface area contributed by atoms with Crippen LogP contribution in [0.3, 0.4) is 0 Å². The molecule has 1 aromatic rings. The van der Waals surface area contributed by atoms with Crippen LogP contribution in [0, 0.1) is 0 Å². The summed E-state index contributed by atoms with van der Waals surface area (Å²) in [6.45, 7) is 0. The molecule has 1 heterocycles. The molecule has 1 atom stereocenters. The Kier molecular flexibility index (Phi) is 3.93. The third-order valence-corrected chi connectivity index (χ3v) is 5.74. The summed E-state index contributed by atoms with van der Waals surface area (Å²) in [7, 11) is 0. The van der Waals surface area contributed by atoms with Crippen molar-refractivity contribution in [3.05, 3.63) is 29.8 Å². The highest BCUT2D eigenvalue weighted by Gasteiger charge is 2.42. The average Bonchev–Trinajstić information content (AvgIpc) is 2.92. The number of aliphatic carboxylic acids is 1. The lowest BCUT2D eigenvalue weighted by Crippen LogP contribution is -2.57. The van der Waals surface area contributed by atoms with Gasteiger partial charge in [0.2, 0.25) is 5.91 Å². The first kappa shape index (κ1) is 14.4. The Balaban J connectivity index is 1.70. The number of nitrogens with one attached hydrogen (secondary N) is 1. The predicted molar refractivity (Wildman–Crippen MR) is 81.4 cm³/mol. The molecule has 2 aliphatic rings. The van der Waals surface area contributed by atoms with Crippen molar-refractivity contribution in [2.24, 2.45) is 0 Å². The van der Waals surface area contributed by atoms with Crippen LogP contribution in [0.15, 0.2) is 29.2 Å². The number of carbonyl (C=O) groups excluding carboxylic acids is 1. The van der Waals surface area contributed by atoms with Crippen molar-refractivity contribution in [2.45, 2.75) is 54.2 Å². The highest BCUT2D eigenvalue weighted by Crippen LogP contribution is 2.37. The number of carbonyl (C=O) groups is 2. The predicted octanol–water partition coefficient (Wildman–Crippen LogP) is 2.61. The lowest BCUT2D eigenvalue weighted by atomic mass is 9.81. The van der Waals surface area contributed by atoms with Gasteiger partial charge in [-0.3, -0.25) is 4.79 Å². The summed E-state index contributed by atoms with van der Waals surface area (Å²) in [5, 5.41) is 12.2. The summed E-state index contributed by atoms with van der Waals surface area (Å²) in [5.41, 5.74) is 0.126. The van der Waals surface area contributed by atoms with Gasteiger partial charge in [0.25, 0.3) is 0 Å². The maximum Gasteiger partial charge on any atom is 0.329 e. The molecule has 1 amide bonds. The quantitative estimate of drug-likeness (QED) is 0.901. The fraction of sp³-hybridized carbons (Fsp3) is 0.500. The van der Waals surface area contributed by atoms with Gasteiger partial charge >= 0.3 is 5.97 Å². The first-order valence-electron chi connectivity index (χ1n) is 7.41. The topological polar surface area (TPSA) is 66.4 Å². The Labute approximate surface area is 128 Å². The minimum atomic E-state index is -1.05. The third kappa shape index (κ3) is 2.79. The lowest BCUT2D eigenvalue weighted by molar-refractivity contribution is -0.149. The number of carboxylic acid groups (broad SMARTS) is 1. The Hall–Kier alpha value is -1.49. The van der Waals surface area contributed by atoms with Crippen LogP contribution in [0.25, 0.3) is 0 Å². The Morgan fingerprint density at radius 1 is 1.19 bits per heavy atom. The molecule has 1 aromatic carbocycles. The van der Waals surface area contributed by atoms with Gasteiger partial charge < -0.3 is 10.4 Å². The molecular formula is C16H19NO3S. The van der Waals surface area contributed by atoms with Gasteiger partial charge in [0.15, 0.2) is 0 Å². The summed E-state index contributed by atoms with van der Waals surface area (Å²) in [5.74, 6) is -1.03. The van der Waals surface area contributed by atoms with E-state index in [4.69, 9.17) is 0 Å². The lowest BCUT2D eigenvalue weighted by Gasteiger charge is -2.34. The maximum atomic E-state index is 12.5. The van der Waals surface area contributed by atoms with Gasteiger partial charge in [0, 0.05) is 4.90 Å². The molecular weight excluding hydrogens is 286 g/mol. The van der Waals surface area contributed by atoms with E-state index in [0.717, 1.165) is 24.2 Å². The molecule has 0 radical (unpaired) electrons. The highest BCUT2D eigenvalue weighted by molar-refractivity contribution is 8.01. The molecule has 0 bridgehead atoms. The van der Waals surface area contributed by atoms with Gasteiger partial charge in [-0.15, -0.1) is 11.8 Å². The Morgan fingerprint density at radius 3 is 2.57 bits per heavy atom. The van der Waals surface area contributed by atoms with E-state index in [-0.39, 0.29) is 11.2 Å². The maximum absolute atomic E-state index is 12.5. The van der Waals surface area contributed by atoms with Gasteiger partial charge in [-0.1, -0.05) is 37.5 Å². The van der Waals surface area contributed by atoms with E-state index < -0.39 is 11.5 Å². The highest BCUT2D eigenvalue weighted by atomic mass is 32.2. The minimum Gasteiger partial charge on any atom is -0.480 e. The van der Waals surface area contributed by atoms with Crippen molar-refractivity contribution in [3.63, 3.8) is 0 Å². The monoisotopic (exact) mass is 305 g/mol. The summed E-state index contributed by atoms with van der Waals surface area (Å²) >= 11 is 1.54. The normalized spacial score (nSPS) is 23.3. The smallest absolute Gasteiger partial charge is 0.329 e. The van der Waals surface area contributed by atoms with Crippen LogP contribution in [0.1, 0.15) is 37.7 Å². The first-order chi connectivity index (χ1) is 10.1. The number of thioether (sulfide) groups is 1. The second-order valence-electron chi connectivity index (χ2n) is 5.86. The molecule has 21 heavy (non-hydrogen) atoms. The van der Waals surface area contributed by atoms with Crippen molar-refractivity contribution in [3.8, 4) is 0 Å². The van der Waals surface area contributed by atoms with E-state index >= 15 is 0 Å². The fourth-order valence-corrected chi connectivity index (χ4v) is 4.39. The summed E-state index contributed by atoms with van der Waals surface area (Å²) in [6.07, 6.45) is 4.54. The largest absolute Gasteiger partial charge is 0.480 e. The molecule has 4 nitrogen and oxygen atoms in total. The van der Waals surface area contributed by atoms with E-state index in [9.17, 15) is 14.7 Å². The zero-order valence-electron chi connectivity index (χ0n) is 11.8. The minimum absolute atomic E-state index is 0.138. The second kappa shape index (κ2) is 5.72. The Morgan fingerprint density at radius 2 is 1.90 bits per heavy atom. The first-order valence-corrected chi connectivity index (χ1v) is 8.29. The molecule has 1 unspecified atom stereocenters. The Bertz CT molecular complexity index is 541. The number of amides is 1. The van der Waals surface area contributed by atoms with Gasteiger partial charge in [-0.25, -0.2) is 4.79 Å². The molecule has 5 heteroatoms. The van der Waals surface area contributed by atoms with E-state index in [1.807, 2.05) is 24.3 Å². The van der Waals surface area contributed by atoms with E-state index in [0.29, 0.717) is 19.3 Å². The van der Waals surface area contributed by atoms with Crippen molar-refractivity contribution in [1.29, 1.82) is 0 Å². The second-order valence-corrected chi connectivity index (χ2v) is 7.10. The summed E-state index contributed by atoms with van der Waals surface area (Å²) in [6, 6.07) is 7.98. The van der Waals surface area contributed by atoms with Crippen LogP contribution in [0.2, 0.25) is 0 Å². The number of benzene rings is 1. The molecule has 0 aromatic heterocycles. The summed E-state index contributed by atoms with van der Waals surface area (Å²) < 4.78 is 0. The standard InChI is InChI=1S/C16H19NO3S/c18-14(13-10-11-6-2-3-7-12(11)21-13)17-16(15(19)20)8-4-1-5-9-16/h2-3,6-7,13H,1,4-5,8-10H2,(H,17,18)(H,19,20). The van der Waals surface area contributed by atoms with E-state index in [1.165, 1.54) is 17.3 Å². The van der Waals surface area contributed by atoms with Gasteiger partial charge in [-0.05, 0) is 30.9 Å². The molecule has 1 aliphatic carbocycles. The molecule has 0 spiro atoms. The number of hydrogen-bond acceptors (Lipinski definition) is 3. The third-order valence-electron chi connectivity index (χ3n) is 4.42. The molecule has 112 valence electrons. The number of hydrogen-bond donors (Lipinski definition) is 2. The van der Waals surface area contributed by atoms with Crippen LogP contribution >= 0.6 is 11.8 Å². The molecule has 0 saturated heterocycles. The number of rotatable bonds is 3. The van der Waals surface area contributed by atoms with Crippen molar-refractivity contribution < 1.29 is 14.7 Å². The van der Waals surface area contributed by atoms with Crippen molar-refractivity contribution >= 4 is 23.6 Å². The zero-order chi connectivity index (χ0) is 14.9. The zero-order valence-corrected chi connectivity index (χ0v) is 12.6. The average molecular weight is 305 g/mol. The van der Waals surface area contributed by atoms with Crippen LogP contribution in [-0.4, -0.2) is 27.8 Å². The van der Waals surface area contributed by atoms with Gasteiger partial charge in [0.1, 0.15) is 5.54 Å². The molecule has 2 N–H and O–H groups in total. The van der Waals surface area contributed by atoms with E-state index in [1.54, 1.807) is 0 Å². The van der Waals surface area contributed by atoms with Crippen LogP contribution < -0.4 is 5.32 Å². The van der Waals surface area contributed by atoms with Crippen LogP contribution in [-0.2, 0) is 16.0 Å². The van der Waals surface area contributed by atoms with Gasteiger partial charge in [0.05, 0.1) is 5.25 Å². The fourth-order valence-electron chi connectivity index (χ4n) is 3.19. The van der Waals surface area contributed by atoms with Crippen LogP contribution in [0.5, 0.6) is 0 Å². The van der Waals surface area contributed by atoms with Crippen molar-refractivity contribution in [2.75, 3.05) is 0 Å². The molecule has 1 aliphatic heterocycles. The molecule has 1 fully saturated rings. The summed E-state index contributed by atoms with van der Waals surface area (Å²) in [4.78, 5) is 25.3. The number of fused-ring (bicyclic) bond motifs is 1. The van der Waals surface area contributed by atoms with Gasteiger partial charge in [-0.2, -0.15) is 0 Å². The SMILES string of the molecule is O=C(NC1(C(=O)O)CCCCC1)C1Cc2ccccc2S1. The van der Waals surface area contributed by atoms with Crippen LogP contribution in [0.4, 0.5) is 0 Å². The molecule has 3 rings (SSSR count). The molecule has 1 saturated carbocycles. The van der Waals surface area contributed by atoms with Crippen molar-refractivity contribution in [1.82, 2.24) is 5.32 Å². The van der Waals surface area contributed by atoms with E-state index in [2.05, 4.69) is 5.32 Å². The number of carboxylic acids is 1.